The lowest BCUT2D eigenvalue weighted by Crippen LogP contribution is -2.41. The third kappa shape index (κ3) is 5.14. The third-order valence-corrected chi connectivity index (χ3v) is 7.29. The van der Waals surface area contributed by atoms with E-state index in [1.165, 1.54) is 0 Å². The van der Waals surface area contributed by atoms with Crippen LogP contribution in [0.2, 0.25) is 0 Å². The number of sulfone groups is 1. The largest absolute Gasteiger partial charge is 0.497 e. The molecule has 1 aliphatic heterocycles. The Hall–Kier alpha value is -3.13. The van der Waals surface area contributed by atoms with Crippen molar-refractivity contribution in [3.05, 3.63) is 78.1 Å². The molecule has 1 unspecified atom stereocenters. The summed E-state index contributed by atoms with van der Waals surface area (Å²) in [5.74, 6) is 0.808. The molecule has 0 radical (unpaired) electrons. The minimum Gasteiger partial charge on any atom is -0.497 e. The molecule has 0 bridgehead atoms. The van der Waals surface area contributed by atoms with Crippen LogP contribution in [0.1, 0.15) is 17.5 Å². The van der Waals surface area contributed by atoms with Crippen LogP contribution < -0.4 is 4.74 Å². The second-order valence-electron chi connectivity index (χ2n) is 7.72. The molecule has 2 aromatic carbocycles. The van der Waals surface area contributed by atoms with Crippen molar-refractivity contribution >= 4 is 15.7 Å². The number of hydrogen-bond acceptors (Lipinski definition) is 5. The lowest BCUT2D eigenvalue weighted by Gasteiger charge is -2.28. The maximum Gasteiger partial charge on any atom is 0.227 e. The second kappa shape index (κ2) is 8.93. The minimum atomic E-state index is -3.10. The Labute approximate surface area is 182 Å². The van der Waals surface area contributed by atoms with Crippen molar-refractivity contribution in [1.82, 2.24) is 14.7 Å². The zero-order valence-corrected chi connectivity index (χ0v) is 18.2. The first-order chi connectivity index (χ1) is 14.9. The summed E-state index contributed by atoms with van der Waals surface area (Å²) in [6, 6.07) is 16.7. The van der Waals surface area contributed by atoms with E-state index < -0.39 is 9.84 Å². The molecule has 1 fully saturated rings. The van der Waals surface area contributed by atoms with Gasteiger partial charge in [0.1, 0.15) is 5.75 Å². The second-order valence-corrected chi connectivity index (χ2v) is 9.95. The SMILES string of the molecule is COc1ccc(CN(C(=O)Cc2ccc(-n3cccn3)cc2)C2CCS(=O)(=O)C2)cc1. The van der Waals surface area contributed by atoms with Crippen LogP contribution in [-0.4, -0.2) is 53.7 Å². The van der Waals surface area contributed by atoms with Gasteiger partial charge in [-0.3, -0.25) is 4.79 Å². The molecule has 3 aromatic rings. The summed E-state index contributed by atoms with van der Waals surface area (Å²) in [6.07, 6.45) is 4.26. The van der Waals surface area contributed by atoms with E-state index in [9.17, 15) is 13.2 Å². The quantitative estimate of drug-likeness (QED) is 0.565. The number of benzene rings is 2. The normalized spacial score (nSPS) is 17.4. The molecule has 1 saturated heterocycles. The first-order valence-corrected chi connectivity index (χ1v) is 12.0. The van der Waals surface area contributed by atoms with Gasteiger partial charge in [0.15, 0.2) is 9.84 Å². The van der Waals surface area contributed by atoms with Gasteiger partial charge in [0.2, 0.25) is 5.91 Å². The summed E-state index contributed by atoms with van der Waals surface area (Å²) in [4.78, 5) is 15.0. The number of amides is 1. The average molecular weight is 440 g/mol. The molecule has 162 valence electrons. The fraction of sp³-hybridized carbons (Fsp3) is 0.304. The maximum absolute atomic E-state index is 13.2. The van der Waals surface area contributed by atoms with Crippen LogP contribution in [0.15, 0.2) is 67.0 Å². The van der Waals surface area contributed by atoms with E-state index in [1.54, 1.807) is 22.9 Å². The molecular formula is C23H25N3O4S. The molecule has 8 heteroatoms. The first kappa shape index (κ1) is 21.1. The van der Waals surface area contributed by atoms with E-state index in [4.69, 9.17) is 4.74 Å². The molecule has 31 heavy (non-hydrogen) atoms. The van der Waals surface area contributed by atoms with E-state index in [-0.39, 0.29) is 29.9 Å². The van der Waals surface area contributed by atoms with Crippen molar-refractivity contribution in [3.63, 3.8) is 0 Å². The van der Waals surface area contributed by atoms with E-state index in [0.29, 0.717) is 13.0 Å². The summed E-state index contributed by atoms with van der Waals surface area (Å²) >= 11 is 0. The number of carbonyl (C=O) groups is 1. The van der Waals surface area contributed by atoms with Gasteiger partial charge in [0, 0.05) is 25.0 Å². The molecule has 0 saturated carbocycles. The van der Waals surface area contributed by atoms with E-state index in [1.807, 2.05) is 60.8 Å². The Morgan fingerprint density at radius 2 is 1.84 bits per heavy atom. The van der Waals surface area contributed by atoms with Gasteiger partial charge >= 0.3 is 0 Å². The Balaban J connectivity index is 1.51. The van der Waals surface area contributed by atoms with Crippen LogP contribution in [0, 0.1) is 0 Å². The fourth-order valence-electron chi connectivity index (χ4n) is 3.83. The third-order valence-electron chi connectivity index (χ3n) is 5.54. The standard InChI is InChI=1S/C23H25N3O4S/c1-30-22-9-5-19(6-10-22)16-25(21-11-14-31(28,29)17-21)23(27)15-18-3-7-20(8-4-18)26-13-2-12-24-26/h2-10,12-13,21H,11,14-17H2,1H3. The maximum atomic E-state index is 13.2. The number of rotatable bonds is 7. The Kier molecular flexibility index (Phi) is 6.08. The van der Waals surface area contributed by atoms with Crippen molar-refractivity contribution in [2.45, 2.75) is 25.4 Å². The molecule has 1 atom stereocenters. The monoisotopic (exact) mass is 439 g/mol. The van der Waals surface area contributed by atoms with Gasteiger partial charge in [0.25, 0.3) is 0 Å². The van der Waals surface area contributed by atoms with E-state index in [2.05, 4.69) is 5.10 Å². The van der Waals surface area contributed by atoms with Gasteiger partial charge in [-0.1, -0.05) is 24.3 Å². The van der Waals surface area contributed by atoms with Crippen LogP contribution in [0.5, 0.6) is 5.75 Å². The van der Waals surface area contributed by atoms with Crippen LogP contribution in [0.3, 0.4) is 0 Å². The highest BCUT2D eigenvalue weighted by atomic mass is 32.2. The summed E-state index contributed by atoms with van der Waals surface area (Å²) in [5, 5.41) is 4.21. The summed E-state index contributed by atoms with van der Waals surface area (Å²) < 4.78 is 31.1. The molecular weight excluding hydrogens is 414 g/mol. The van der Waals surface area contributed by atoms with E-state index >= 15 is 0 Å². The smallest absolute Gasteiger partial charge is 0.227 e. The number of methoxy groups -OCH3 is 1. The summed E-state index contributed by atoms with van der Waals surface area (Å²) in [5.41, 5.74) is 2.73. The molecule has 0 N–H and O–H groups in total. The predicted molar refractivity (Wildman–Crippen MR) is 118 cm³/mol. The first-order valence-electron chi connectivity index (χ1n) is 10.2. The molecule has 1 aromatic heterocycles. The van der Waals surface area contributed by atoms with Crippen molar-refractivity contribution in [2.24, 2.45) is 0 Å². The van der Waals surface area contributed by atoms with Gasteiger partial charge in [-0.15, -0.1) is 0 Å². The Bertz CT molecular complexity index is 1120. The van der Waals surface area contributed by atoms with Gasteiger partial charge in [0.05, 0.1) is 30.7 Å². The molecule has 0 aliphatic carbocycles. The number of aromatic nitrogens is 2. The fourth-order valence-corrected chi connectivity index (χ4v) is 5.56. The highest BCUT2D eigenvalue weighted by Crippen LogP contribution is 2.22. The molecule has 1 aliphatic rings. The summed E-state index contributed by atoms with van der Waals surface area (Å²) in [7, 11) is -1.50. The molecule has 4 rings (SSSR count). The Morgan fingerprint density at radius 3 is 2.42 bits per heavy atom. The number of nitrogens with zero attached hydrogens (tertiary/aromatic N) is 3. The van der Waals surface area contributed by atoms with Crippen LogP contribution in [0.4, 0.5) is 0 Å². The van der Waals surface area contributed by atoms with Crippen LogP contribution in [0.25, 0.3) is 5.69 Å². The Morgan fingerprint density at radius 1 is 1.13 bits per heavy atom. The minimum absolute atomic E-state index is 0.0210. The molecule has 0 spiro atoms. The lowest BCUT2D eigenvalue weighted by molar-refractivity contribution is -0.133. The van der Waals surface area contributed by atoms with Crippen LogP contribution >= 0.6 is 0 Å². The van der Waals surface area contributed by atoms with Crippen molar-refractivity contribution < 1.29 is 17.9 Å². The lowest BCUT2D eigenvalue weighted by atomic mass is 10.1. The highest BCUT2D eigenvalue weighted by molar-refractivity contribution is 7.91. The van der Waals surface area contributed by atoms with Crippen molar-refractivity contribution in [2.75, 3.05) is 18.6 Å². The number of carbonyl (C=O) groups excluding carboxylic acids is 1. The summed E-state index contributed by atoms with van der Waals surface area (Å²) in [6.45, 7) is 0.369. The van der Waals surface area contributed by atoms with Gasteiger partial charge in [-0.05, 0) is 47.9 Å². The molecule has 1 amide bonds. The zero-order valence-electron chi connectivity index (χ0n) is 17.3. The average Bonchev–Trinajstić information content (AvgIpc) is 3.42. The highest BCUT2D eigenvalue weighted by Gasteiger charge is 2.34. The van der Waals surface area contributed by atoms with Gasteiger partial charge < -0.3 is 9.64 Å². The van der Waals surface area contributed by atoms with E-state index in [0.717, 1.165) is 22.6 Å². The number of ether oxygens (including phenoxy) is 1. The number of hydrogen-bond donors (Lipinski definition) is 0. The molecule has 7 nitrogen and oxygen atoms in total. The predicted octanol–water partition coefficient (Wildman–Crippen LogP) is 2.64. The van der Waals surface area contributed by atoms with Gasteiger partial charge in [-0.25, -0.2) is 13.1 Å². The van der Waals surface area contributed by atoms with Gasteiger partial charge in [-0.2, -0.15) is 5.10 Å². The van der Waals surface area contributed by atoms with Crippen molar-refractivity contribution in [1.29, 1.82) is 0 Å². The zero-order chi connectivity index (χ0) is 21.8. The molecule has 2 heterocycles. The van der Waals surface area contributed by atoms with Crippen molar-refractivity contribution in [3.8, 4) is 11.4 Å². The van der Waals surface area contributed by atoms with Crippen LogP contribution in [-0.2, 0) is 27.6 Å². The topological polar surface area (TPSA) is 81.5 Å².